The molecule has 1 heterocycles. The first kappa shape index (κ1) is 14.8. The van der Waals surface area contributed by atoms with Crippen LogP contribution in [0.25, 0.3) is 0 Å². The van der Waals surface area contributed by atoms with Crippen molar-refractivity contribution in [2.24, 2.45) is 0 Å². The van der Waals surface area contributed by atoms with Gasteiger partial charge in [0.25, 0.3) is 0 Å². The molecule has 1 N–H and O–H groups in total. The Hall–Kier alpha value is -1.59. The van der Waals surface area contributed by atoms with Crippen LogP contribution in [0.2, 0.25) is 0 Å². The van der Waals surface area contributed by atoms with Crippen LogP contribution >= 0.6 is 0 Å². The standard InChI is InChI=1S/C15H21NO4/c1-19-7-5-14-11-16(6-8-20-14)15(18)10-12-3-2-4-13(17)9-12/h2-4,9,14,17H,5-8,10-11H2,1H3/t14-/m1/s1. The summed E-state index contributed by atoms with van der Waals surface area (Å²) in [6.45, 7) is 2.45. The Kier molecular flexibility index (Phi) is 5.38. The molecule has 1 amide bonds. The number of methoxy groups -OCH3 is 1. The van der Waals surface area contributed by atoms with Gasteiger partial charge in [-0.25, -0.2) is 0 Å². The van der Waals surface area contributed by atoms with Gasteiger partial charge in [0.2, 0.25) is 5.91 Å². The van der Waals surface area contributed by atoms with Crippen molar-refractivity contribution in [2.75, 3.05) is 33.4 Å². The molecule has 1 aliphatic rings. The molecule has 0 bridgehead atoms. The van der Waals surface area contributed by atoms with Crippen LogP contribution in [0.5, 0.6) is 5.75 Å². The number of phenolic OH excluding ortho intramolecular Hbond substituents is 1. The van der Waals surface area contributed by atoms with Crippen LogP contribution in [-0.4, -0.2) is 55.4 Å². The summed E-state index contributed by atoms with van der Waals surface area (Å²) < 4.78 is 10.7. The van der Waals surface area contributed by atoms with Gasteiger partial charge < -0.3 is 19.5 Å². The van der Waals surface area contributed by atoms with Gasteiger partial charge in [-0.2, -0.15) is 0 Å². The smallest absolute Gasteiger partial charge is 0.227 e. The Bertz CT molecular complexity index is 449. The molecule has 0 saturated carbocycles. The molecule has 1 fully saturated rings. The number of aromatic hydroxyl groups is 1. The maximum absolute atomic E-state index is 12.3. The minimum Gasteiger partial charge on any atom is -0.508 e. The fourth-order valence-electron chi connectivity index (χ4n) is 2.32. The van der Waals surface area contributed by atoms with Crippen molar-refractivity contribution in [3.05, 3.63) is 29.8 Å². The van der Waals surface area contributed by atoms with E-state index in [0.717, 1.165) is 12.0 Å². The number of carbonyl (C=O) groups is 1. The number of carbonyl (C=O) groups excluding carboxylic acids is 1. The van der Waals surface area contributed by atoms with Crippen LogP contribution < -0.4 is 0 Å². The van der Waals surface area contributed by atoms with Crippen LogP contribution in [0, 0.1) is 0 Å². The third kappa shape index (κ3) is 4.21. The Morgan fingerprint density at radius 3 is 3.15 bits per heavy atom. The van der Waals surface area contributed by atoms with Crippen LogP contribution in [0.4, 0.5) is 0 Å². The van der Waals surface area contributed by atoms with Gasteiger partial charge in [-0.15, -0.1) is 0 Å². The number of ether oxygens (including phenoxy) is 2. The molecule has 0 radical (unpaired) electrons. The monoisotopic (exact) mass is 279 g/mol. The van der Waals surface area contributed by atoms with Crippen molar-refractivity contribution in [3.8, 4) is 5.75 Å². The first-order valence-corrected chi connectivity index (χ1v) is 6.85. The number of hydrogen-bond donors (Lipinski definition) is 1. The average Bonchev–Trinajstić information content (AvgIpc) is 2.45. The minimum absolute atomic E-state index is 0.0526. The summed E-state index contributed by atoms with van der Waals surface area (Å²) in [6, 6.07) is 6.82. The van der Waals surface area contributed by atoms with Gasteiger partial charge in [0, 0.05) is 26.8 Å². The highest BCUT2D eigenvalue weighted by Crippen LogP contribution is 2.14. The van der Waals surface area contributed by atoms with E-state index in [1.54, 1.807) is 25.3 Å². The fourth-order valence-corrected chi connectivity index (χ4v) is 2.32. The maximum atomic E-state index is 12.3. The molecule has 110 valence electrons. The summed E-state index contributed by atoms with van der Waals surface area (Å²) in [5.41, 5.74) is 0.829. The minimum atomic E-state index is 0.0526. The third-order valence-corrected chi connectivity index (χ3v) is 3.40. The van der Waals surface area contributed by atoms with Crippen molar-refractivity contribution in [2.45, 2.75) is 18.9 Å². The predicted molar refractivity (Wildman–Crippen MR) is 74.6 cm³/mol. The highest BCUT2D eigenvalue weighted by Gasteiger charge is 2.23. The number of hydrogen-bond acceptors (Lipinski definition) is 4. The van der Waals surface area contributed by atoms with E-state index >= 15 is 0 Å². The number of benzene rings is 1. The number of morpholine rings is 1. The lowest BCUT2D eigenvalue weighted by Crippen LogP contribution is -2.46. The molecule has 5 heteroatoms. The highest BCUT2D eigenvalue weighted by atomic mass is 16.5. The van der Waals surface area contributed by atoms with E-state index in [1.165, 1.54) is 0 Å². The van der Waals surface area contributed by atoms with E-state index in [0.29, 0.717) is 32.7 Å². The van der Waals surface area contributed by atoms with Gasteiger partial charge >= 0.3 is 0 Å². The molecule has 1 saturated heterocycles. The molecule has 1 atom stereocenters. The lowest BCUT2D eigenvalue weighted by molar-refractivity contribution is -0.138. The summed E-state index contributed by atoms with van der Waals surface area (Å²) >= 11 is 0. The van der Waals surface area contributed by atoms with Gasteiger partial charge in [-0.3, -0.25) is 4.79 Å². The Morgan fingerprint density at radius 1 is 1.55 bits per heavy atom. The van der Waals surface area contributed by atoms with Crippen LogP contribution in [0.15, 0.2) is 24.3 Å². The quantitative estimate of drug-likeness (QED) is 0.880. The second kappa shape index (κ2) is 7.26. The molecule has 5 nitrogen and oxygen atoms in total. The molecule has 0 unspecified atom stereocenters. The number of phenols is 1. The number of nitrogens with zero attached hydrogens (tertiary/aromatic N) is 1. The molecule has 1 aromatic carbocycles. The molecular weight excluding hydrogens is 258 g/mol. The molecule has 0 aliphatic carbocycles. The Labute approximate surface area is 119 Å². The molecular formula is C15H21NO4. The van der Waals surface area contributed by atoms with Gasteiger partial charge in [0.05, 0.1) is 19.1 Å². The van der Waals surface area contributed by atoms with Crippen molar-refractivity contribution >= 4 is 5.91 Å². The molecule has 20 heavy (non-hydrogen) atoms. The zero-order valence-corrected chi connectivity index (χ0v) is 11.7. The molecule has 0 aromatic heterocycles. The molecule has 1 aliphatic heterocycles. The predicted octanol–water partition coefficient (Wildman–Crippen LogP) is 1.20. The van der Waals surface area contributed by atoms with Crippen LogP contribution in [-0.2, 0) is 20.7 Å². The zero-order chi connectivity index (χ0) is 14.4. The van der Waals surface area contributed by atoms with E-state index < -0.39 is 0 Å². The second-order valence-electron chi connectivity index (χ2n) is 4.96. The van der Waals surface area contributed by atoms with Crippen molar-refractivity contribution in [1.29, 1.82) is 0 Å². The lowest BCUT2D eigenvalue weighted by Gasteiger charge is -2.33. The van der Waals surface area contributed by atoms with Gasteiger partial charge in [0.15, 0.2) is 0 Å². The Balaban J connectivity index is 1.88. The van der Waals surface area contributed by atoms with Crippen molar-refractivity contribution in [3.63, 3.8) is 0 Å². The van der Waals surface area contributed by atoms with E-state index in [-0.39, 0.29) is 17.8 Å². The highest BCUT2D eigenvalue weighted by molar-refractivity contribution is 5.79. The third-order valence-electron chi connectivity index (χ3n) is 3.40. The zero-order valence-electron chi connectivity index (χ0n) is 11.7. The molecule has 1 aromatic rings. The van der Waals surface area contributed by atoms with Gasteiger partial charge in [-0.1, -0.05) is 12.1 Å². The first-order chi connectivity index (χ1) is 9.69. The summed E-state index contributed by atoms with van der Waals surface area (Å²) in [5.74, 6) is 0.261. The summed E-state index contributed by atoms with van der Waals surface area (Å²) in [5, 5.41) is 9.42. The fraction of sp³-hybridized carbons (Fsp3) is 0.533. The molecule has 2 rings (SSSR count). The average molecular weight is 279 g/mol. The largest absolute Gasteiger partial charge is 0.508 e. The second-order valence-corrected chi connectivity index (χ2v) is 4.96. The number of rotatable bonds is 5. The normalized spacial score (nSPS) is 19.1. The SMILES string of the molecule is COCC[C@@H]1CN(C(=O)Cc2cccc(O)c2)CCO1. The summed E-state index contributed by atoms with van der Waals surface area (Å²) in [7, 11) is 1.66. The van der Waals surface area contributed by atoms with E-state index in [9.17, 15) is 9.90 Å². The topological polar surface area (TPSA) is 59.0 Å². The van der Waals surface area contributed by atoms with Crippen molar-refractivity contribution in [1.82, 2.24) is 4.90 Å². The maximum Gasteiger partial charge on any atom is 0.227 e. The van der Waals surface area contributed by atoms with E-state index in [2.05, 4.69) is 0 Å². The Morgan fingerprint density at radius 2 is 2.40 bits per heavy atom. The van der Waals surface area contributed by atoms with Crippen LogP contribution in [0.3, 0.4) is 0 Å². The van der Waals surface area contributed by atoms with Gasteiger partial charge in [-0.05, 0) is 24.1 Å². The van der Waals surface area contributed by atoms with Crippen LogP contribution in [0.1, 0.15) is 12.0 Å². The van der Waals surface area contributed by atoms with Crippen molar-refractivity contribution < 1.29 is 19.4 Å². The first-order valence-electron chi connectivity index (χ1n) is 6.85. The summed E-state index contributed by atoms with van der Waals surface area (Å²) in [4.78, 5) is 14.1. The van der Waals surface area contributed by atoms with Gasteiger partial charge in [0.1, 0.15) is 5.75 Å². The lowest BCUT2D eigenvalue weighted by atomic mass is 10.1. The molecule has 0 spiro atoms. The van der Waals surface area contributed by atoms with E-state index in [1.807, 2.05) is 11.0 Å². The summed E-state index contributed by atoms with van der Waals surface area (Å²) in [6.07, 6.45) is 1.16. The number of amides is 1. The van der Waals surface area contributed by atoms with E-state index in [4.69, 9.17) is 9.47 Å².